The van der Waals surface area contributed by atoms with E-state index in [1.54, 1.807) is 0 Å². The van der Waals surface area contributed by atoms with Gasteiger partial charge in [0.15, 0.2) is 0 Å². The van der Waals surface area contributed by atoms with E-state index in [2.05, 4.69) is 0 Å². The minimum Gasteiger partial charge on any atom is -0.822 e. The molecule has 0 aromatic carbocycles. The molecule has 0 aliphatic rings. The summed E-state index contributed by atoms with van der Waals surface area (Å²) in [6.45, 7) is 0. The van der Waals surface area contributed by atoms with E-state index in [-0.39, 0.29) is 61.3 Å². The second kappa shape index (κ2) is 12.3. The molecule has 0 bridgehead atoms. The molecule has 0 saturated heterocycles. The Bertz CT molecular complexity index is 130. The van der Waals surface area contributed by atoms with Crippen LogP contribution in [0.15, 0.2) is 0 Å². The van der Waals surface area contributed by atoms with E-state index >= 15 is 0 Å². The van der Waals surface area contributed by atoms with Crippen molar-refractivity contribution in [3.8, 4) is 0 Å². The molecule has 0 aliphatic carbocycles. The zero-order valence-electron chi connectivity index (χ0n) is 5.11. The minimum atomic E-state index is -5.39. The summed E-state index contributed by atoms with van der Waals surface area (Å²) in [6, 6.07) is 0. The standard InChI is InChI=1S/2H3O4P.3Pd/c2*1-5(2,3)4;;;/h2*(H3,1,2,3,4);;;/q;;3*+2/p-6. The third-order valence-corrected chi connectivity index (χ3v) is 0. The molecule has 0 radical (unpaired) electrons. The van der Waals surface area contributed by atoms with Gasteiger partial charge >= 0.3 is 61.3 Å². The van der Waals surface area contributed by atoms with Gasteiger partial charge in [-0.2, -0.15) is 15.6 Å². The Morgan fingerprint density at radius 2 is 0.538 bits per heavy atom. The van der Waals surface area contributed by atoms with Crippen molar-refractivity contribution in [3.63, 3.8) is 0 Å². The molecule has 0 spiro atoms. The Labute approximate surface area is 115 Å². The van der Waals surface area contributed by atoms with Crippen LogP contribution < -0.4 is 29.4 Å². The van der Waals surface area contributed by atoms with E-state index in [9.17, 15) is 0 Å². The first-order chi connectivity index (χ1) is 4.00. The van der Waals surface area contributed by atoms with E-state index in [0.717, 1.165) is 0 Å². The van der Waals surface area contributed by atoms with Crippen molar-refractivity contribution >= 4 is 15.6 Å². The topological polar surface area (TPSA) is 172 Å². The zero-order valence-corrected chi connectivity index (χ0v) is 11.6. The number of rotatable bonds is 0. The van der Waals surface area contributed by atoms with Crippen molar-refractivity contribution in [3.05, 3.63) is 0 Å². The smallest absolute Gasteiger partial charge is 0.822 e. The normalized spacial score (nSPS) is 9.08. The van der Waals surface area contributed by atoms with Crippen LogP contribution in [-0.4, -0.2) is 0 Å². The predicted octanol–water partition coefficient (Wildman–Crippen LogP) is -5.66. The van der Waals surface area contributed by atoms with Crippen LogP contribution in [0.3, 0.4) is 0 Å². The predicted molar refractivity (Wildman–Crippen MR) is 15.2 cm³/mol. The first kappa shape index (κ1) is 29.5. The Hall–Kier alpha value is 2.21. The van der Waals surface area contributed by atoms with Crippen LogP contribution in [0.25, 0.3) is 0 Å². The summed E-state index contributed by atoms with van der Waals surface area (Å²) in [5.74, 6) is 0. The molecule has 0 atom stereocenters. The molecule has 0 fully saturated rings. The van der Waals surface area contributed by atoms with Gasteiger partial charge in [-0.05, 0) is 0 Å². The monoisotopic (exact) mass is 508 g/mol. The van der Waals surface area contributed by atoms with Gasteiger partial charge in [-0.3, -0.25) is 0 Å². The summed E-state index contributed by atoms with van der Waals surface area (Å²) in [7, 11) is -10.8. The molecule has 0 aliphatic heterocycles. The zero-order chi connectivity index (χ0) is 9.00. The minimum absolute atomic E-state index is 0. The molecule has 0 heterocycles. The van der Waals surface area contributed by atoms with Gasteiger partial charge in [0.2, 0.25) is 0 Å². The van der Waals surface area contributed by atoms with E-state index in [0.29, 0.717) is 0 Å². The summed E-state index contributed by atoms with van der Waals surface area (Å²) in [5.41, 5.74) is 0. The van der Waals surface area contributed by atoms with Crippen LogP contribution in [0.4, 0.5) is 0 Å². The van der Waals surface area contributed by atoms with Crippen LogP contribution in [0.1, 0.15) is 0 Å². The molecule has 0 amide bonds. The molecule has 0 aromatic heterocycles. The fourth-order valence-corrected chi connectivity index (χ4v) is 0. The van der Waals surface area contributed by atoms with Crippen LogP contribution in [0.2, 0.25) is 0 Å². The maximum atomic E-state index is 8.55. The van der Waals surface area contributed by atoms with E-state index < -0.39 is 15.6 Å². The third kappa shape index (κ3) is 435. The molecular formula is O8P2Pd3. The maximum Gasteiger partial charge on any atom is 2.00 e. The Morgan fingerprint density at radius 1 is 0.538 bits per heavy atom. The largest absolute Gasteiger partial charge is 2.00 e. The van der Waals surface area contributed by atoms with Crippen LogP contribution >= 0.6 is 15.6 Å². The molecule has 8 nitrogen and oxygen atoms in total. The van der Waals surface area contributed by atoms with Crippen molar-refractivity contribution in [2.75, 3.05) is 0 Å². The van der Waals surface area contributed by atoms with Gasteiger partial charge in [-0.1, -0.05) is 0 Å². The molecule has 0 aromatic rings. The summed E-state index contributed by atoms with van der Waals surface area (Å²) < 4.78 is 17.1. The van der Waals surface area contributed by atoms with Gasteiger partial charge in [-0.25, -0.2) is 0 Å². The van der Waals surface area contributed by atoms with Crippen LogP contribution in [0.5, 0.6) is 0 Å². The number of hydrogen-bond donors (Lipinski definition) is 0. The molecule has 13 heteroatoms. The van der Waals surface area contributed by atoms with Crippen molar-refractivity contribution in [2.24, 2.45) is 0 Å². The Balaban J connectivity index is -0.0000000267. The molecule has 13 heavy (non-hydrogen) atoms. The molecule has 0 saturated carbocycles. The molecule has 88 valence electrons. The SMILES string of the molecule is O=P([O-])([O-])[O-].O=P([O-])([O-])[O-].[Pd+2].[Pd+2].[Pd+2]. The summed E-state index contributed by atoms with van der Waals surface area (Å²) in [6.07, 6.45) is 0. The Morgan fingerprint density at radius 3 is 0.538 bits per heavy atom. The number of phosphoric acid groups is 2. The van der Waals surface area contributed by atoms with Crippen LogP contribution in [-0.2, 0) is 70.4 Å². The van der Waals surface area contributed by atoms with Crippen LogP contribution in [0, 0.1) is 0 Å². The second-order valence-corrected chi connectivity index (χ2v) is 2.68. The van der Waals surface area contributed by atoms with Gasteiger partial charge in [-0.15, -0.1) is 0 Å². The van der Waals surface area contributed by atoms with Gasteiger partial charge in [0.1, 0.15) is 0 Å². The average Bonchev–Trinajstić information content (AvgIpc) is 1.12. The number of hydrogen-bond acceptors (Lipinski definition) is 8. The maximum absolute atomic E-state index is 8.55. The second-order valence-electron chi connectivity index (χ2n) is 0.894. The Kier molecular flexibility index (Phi) is 27.8. The fraction of sp³-hybridized carbons (Fsp3) is 0. The first-order valence-corrected chi connectivity index (χ1v) is 4.38. The van der Waals surface area contributed by atoms with E-state index in [1.165, 1.54) is 0 Å². The first-order valence-electron chi connectivity index (χ1n) is 1.46. The molecule has 0 unspecified atom stereocenters. The molecular weight excluding hydrogens is 509 g/mol. The summed E-state index contributed by atoms with van der Waals surface area (Å²) in [5, 5.41) is 0. The van der Waals surface area contributed by atoms with Crippen molar-refractivity contribution in [2.45, 2.75) is 0 Å². The van der Waals surface area contributed by atoms with Gasteiger partial charge in [0.05, 0.1) is 0 Å². The van der Waals surface area contributed by atoms with E-state index in [4.69, 9.17) is 38.5 Å². The van der Waals surface area contributed by atoms with Crippen molar-refractivity contribution < 1.29 is 99.8 Å². The summed E-state index contributed by atoms with van der Waals surface area (Å²) >= 11 is 0. The van der Waals surface area contributed by atoms with Crippen molar-refractivity contribution in [1.29, 1.82) is 0 Å². The third-order valence-electron chi connectivity index (χ3n) is 0. The molecule has 0 rings (SSSR count). The molecule has 0 N–H and O–H groups in total. The fourth-order valence-electron chi connectivity index (χ4n) is 0. The van der Waals surface area contributed by atoms with Gasteiger partial charge < -0.3 is 38.5 Å². The summed E-state index contributed by atoms with van der Waals surface area (Å²) in [4.78, 5) is 51.3. The quantitative estimate of drug-likeness (QED) is 0.230. The van der Waals surface area contributed by atoms with Gasteiger partial charge in [0, 0.05) is 0 Å². The van der Waals surface area contributed by atoms with Crippen molar-refractivity contribution in [1.82, 2.24) is 0 Å². The van der Waals surface area contributed by atoms with E-state index in [1.807, 2.05) is 0 Å². The average molecular weight is 509 g/mol. The van der Waals surface area contributed by atoms with Gasteiger partial charge in [0.25, 0.3) is 0 Å².